The number of imidazole rings is 1. The van der Waals surface area contributed by atoms with E-state index in [0.717, 1.165) is 12.3 Å². The highest BCUT2D eigenvalue weighted by Gasteiger charge is 2.52. The minimum atomic E-state index is -4.01. The van der Waals surface area contributed by atoms with Crippen molar-refractivity contribution in [2.75, 3.05) is 5.75 Å². The second kappa shape index (κ2) is 8.15. The highest BCUT2D eigenvalue weighted by Crippen LogP contribution is 2.41. The Hall–Kier alpha value is -3.23. The van der Waals surface area contributed by atoms with Gasteiger partial charge < -0.3 is 4.52 Å². The van der Waals surface area contributed by atoms with E-state index in [1.807, 2.05) is 4.72 Å². The molecule has 0 aliphatic carbocycles. The Morgan fingerprint density at radius 2 is 1.86 bits per heavy atom. The molecule has 2 aromatic heterocycles. The summed E-state index contributed by atoms with van der Waals surface area (Å²) in [5, 5.41) is 3.54. The van der Waals surface area contributed by atoms with Gasteiger partial charge in [-0.3, -0.25) is 4.57 Å². The minimum Gasteiger partial charge on any atom is -0.354 e. The van der Waals surface area contributed by atoms with Gasteiger partial charge in [0.25, 0.3) is 0 Å². The summed E-state index contributed by atoms with van der Waals surface area (Å²) in [4.78, 5) is 13.1. The second-order valence-electron chi connectivity index (χ2n) is 8.05. The first-order valence-corrected chi connectivity index (χ1v) is 12.3. The smallest absolute Gasteiger partial charge is 0.334 e. The van der Waals surface area contributed by atoms with Crippen molar-refractivity contribution in [3.63, 3.8) is 0 Å². The van der Waals surface area contributed by atoms with Crippen LogP contribution in [-0.4, -0.2) is 34.5 Å². The van der Waals surface area contributed by atoms with E-state index in [9.17, 15) is 26.4 Å². The summed E-state index contributed by atoms with van der Waals surface area (Å²) in [5.41, 5.74) is -2.93. The second-order valence-corrected chi connectivity index (χ2v) is 10.5. The van der Waals surface area contributed by atoms with Crippen LogP contribution < -0.4 is 10.4 Å². The van der Waals surface area contributed by atoms with Crippen molar-refractivity contribution in [3.05, 3.63) is 69.1 Å². The third kappa shape index (κ3) is 3.71. The standard InChI is InChI=1S/C21H14ClF5N4O4S/c1-2-36(33,34)29-15-7-30-16(21(15,26)27)8-31(20(30)32)19-18-11(3-9(22)4-14(18)35-28-19)17-12(24)5-10(23)6-13(17)25/h3-6,8,15,29H,2,7H2,1H3/t15-/m1/s1. The average Bonchev–Trinajstić information content (AvgIpc) is 3.40. The van der Waals surface area contributed by atoms with Gasteiger partial charge in [0.2, 0.25) is 10.0 Å². The number of aromatic nitrogens is 3. The number of nitrogens with zero attached hydrogens (tertiary/aromatic N) is 3. The predicted octanol–water partition coefficient (Wildman–Crippen LogP) is 3.93. The molecule has 0 fully saturated rings. The van der Waals surface area contributed by atoms with Crippen LogP contribution in [0.15, 0.2) is 39.8 Å². The minimum absolute atomic E-state index is 0.0346. The van der Waals surface area contributed by atoms with Crippen LogP contribution in [0.25, 0.3) is 27.9 Å². The van der Waals surface area contributed by atoms with Gasteiger partial charge in [0, 0.05) is 35.0 Å². The van der Waals surface area contributed by atoms with Crippen LogP contribution in [0.1, 0.15) is 12.6 Å². The third-order valence-corrected chi connectivity index (χ3v) is 7.47. The van der Waals surface area contributed by atoms with Crippen molar-refractivity contribution in [2.24, 2.45) is 0 Å². The maximum Gasteiger partial charge on any atom is 0.334 e. The van der Waals surface area contributed by atoms with Gasteiger partial charge in [-0.1, -0.05) is 16.8 Å². The lowest BCUT2D eigenvalue weighted by Gasteiger charge is -2.19. The first kappa shape index (κ1) is 24.5. The Labute approximate surface area is 203 Å². The van der Waals surface area contributed by atoms with E-state index in [1.54, 1.807) is 0 Å². The lowest BCUT2D eigenvalue weighted by Crippen LogP contribution is -2.45. The van der Waals surface area contributed by atoms with Crippen molar-refractivity contribution < 1.29 is 34.9 Å². The van der Waals surface area contributed by atoms with E-state index < -0.39 is 68.7 Å². The summed E-state index contributed by atoms with van der Waals surface area (Å²) in [7, 11) is -4.01. The monoisotopic (exact) mass is 548 g/mol. The van der Waals surface area contributed by atoms with Gasteiger partial charge in [-0.05, 0) is 13.0 Å². The highest BCUT2D eigenvalue weighted by atomic mass is 35.5. The molecule has 0 saturated carbocycles. The first-order chi connectivity index (χ1) is 16.8. The summed E-state index contributed by atoms with van der Waals surface area (Å²) in [5.74, 6) is -8.33. The Balaban J connectivity index is 1.70. The number of alkyl halides is 2. The normalized spacial score (nSPS) is 17.1. The van der Waals surface area contributed by atoms with Gasteiger partial charge in [-0.15, -0.1) is 0 Å². The highest BCUT2D eigenvalue weighted by molar-refractivity contribution is 7.89. The molecule has 0 saturated heterocycles. The molecular weight excluding hydrogens is 535 g/mol. The molecule has 0 radical (unpaired) electrons. The van der Waals surface area contributed by atoms with Crippen LogP contribution in [0.4, 0.5) is 22.0 Å². The van der Waals surface area contributed by atoms with Crippen LogP contribution >= 0.6 is 11.6 Å². The maximum atomic E-state index is 15.1. The van der Waals surface area contributed by atoms with E-state index >= 15 is 8.78 Å². The van der Waals surface area contributed by atoms with E-state index in [2.05, 4.69) is 5.16 Å². The van der Waals surface area contributed by atoms with Crippen LogP contribution in [-0.2, 0) is 22.5 Å². The zero-order valence-corrected chi connectivity index (χ0v) is 19.6. The van der Waals surface area contributed by atoms with Crippen LogP contribution in [0.2, 0.25) is 5.02 Å². The van der Waals surface area contributed by atoms with Gasteiger partial charge in [0.1, 0.15) is 29.2 Å². The molecule has 5 rings (SSSR count). The van der Waals surface area contributed by atoms with Crippen molar-refractivity contribution >= 4 is 32.6 Å². The summed E-state index contributed by atoms with van der Waals surface area (Å²) in [6, 6.07) is 1.34. The number of sulfonamides is 1. The van der Waals surface area contributed by atoms with Gasteiger partial charge >= 0.3 is 11.6 Å². The number of nitrogens with one attached hydrogen (secondary N) is 1. The molecule has 15 heteroatoms. The van der Waals surface area contributed by atoms with Crippen molar-refractivity contribution in [1.82, 2.24) is 19.0 Å². The molecule has 1 aliphatic rings. The molecule has 1 atom stereocenters. The largest absolute Gasteiger partial charge is 0.354 e. The zero-order valence-electron chi connectivity index (χ0n) is 18.0. The van der Waals surface area contributed by atoms with Crippen LogP contribution in [0.3, 0.4) is 0 Å². The van der Waals surface area contributed by atoms with Crippen LogP contribution in [0.5, 0.6) is 0 Å². The third-order valence-electron chi connectivity index (χ3n) is 5.85. The van der Waals surface area contributed by atoms with E-state index in [4.69, 9.17) is 16.1 Å². The number of rotatable bonds is 5. The molecule has 1 N–H and O–H groups in total. The summed E-state index contributed by atoms with van der Waals surface area (Å²) >= 11 is 6.04. The fourth-order valence-corrected chi connectivity index (χ4v) is 5.18. The molecule has 190 valence electrons. The fourth-order valence-electron chi connectivity index (χ4n) is 4.15. The van der Waals surface area contributed by atoms with Gasteiger partial charge in [-0.25, -0.2) is 35.7 Å². The van der Waals surface area contributed by atoms with E-state index in [0.29, 0.717) is 21.3 Å². The first-order valence-electron chi connectivity index (χ1n) is 10.3. The van der Waals surface area contributed by atoms with Crippen LogP contribution in [0, 0.1) is 17.5 Å². The molecule has 1 aliphatic heterocycles. The molecule has 36 heavy (non-hydrogen) atoms. The Bertz CT molecular complexity index is 1690. The van der Waals surface area contributed by atoms with Gasteiger partial charge in [-0.2, -0.15) is 8.78 Å². The molecule has 8 nitrogen and oxygen atoms in total. The van der Waals surface area contributed by atoms with Gasteiger partial charge in [0.15, 0.2) is 11.4 Å². The number of benzene rings is 2. The zero-order chi connectivity index (χ0) is 26.2. The number of halogens is 6. The topological polar surface area (TPSA) is 99.1 Å². The molecule has 2 aromatic carbocycles. The Kier molecular flexibility index (Phi) is 5.53. The number of hydrogen-bond donors (Lipinski definition) is 1. The number of fused-ring (bicyclic) bond motifs is 2. The lowest BCUT2D eigenvalue weighted by molar-refractivity contribution is -0.0248. The SMILES string of the molecule is CCS(=O)(=O)N[C@@H]1Cn2c(cn(-c3noc4cc(Cl)cc(-c5c(F)cc(F)cc5F)c34)c2=O)C1(F)F. The molecule has 0 unspecified atom stereocenters. The Morgan fingerprint density at radius 1 is 1.19 bits per heavy atom. The Morgan fingerprint density at radius 3 is 2.47 bits per heavy atom. The van der Waals surface area contributed by atoms with Crippen molar-refractivity contribution in [2.45, 2.75) is 25.4 Å². The molecule has 0 spiro atoms. The predicted molar refractivity (Wildman–Crippen MR) is 118 cm³/mol. The molecule has 0 amide bonds. The molecule has 0 bridgehead atoms. The van der Waals surface area contributed by atoms with E-state index in [1.165, 1.54) is 13.0 Å². The molecular formula is C21H14ClF5N4O4S. The van der Waals surface area contributed by atoms with Crippen molar-refractivity contribution in [1.29, 1.82) is 0 Å². The number of hydrogen-bond acceptors (Lipinski definition) is 5. The molecule has 4 aromatic rings. The summed E-state index contributed by atoms with van der Waals surface area (Å²) in [6.07, 6.45) is 0.746. The van der Waals surface area contributed by atoms with Crippen molar-refractivity contribution in [3.8, 4) is 16.9 Å². The van der Waals surface area contributed by atoms with Gasteiger partial charge in [0.05, 0.1) is 23.2 Å². The summed E-state index contributed by atoms with van der Waals surface area (Å²) < 4.78 is 105. The molecule has 3 heterocycles. The lowest BCUT2D eigenvalue weighted by atomic mass is 10.00. The maximum absolute atomic E-state index is 15.1. The average molecular weight is 549 g/mol. The summed E-state index contributed by atoms with van der Waals surface area (Å²) in [6.45, 7) is 0.595. The quantitative estimate of drug-likeness (QED) is 0.381. The van der Waals surface area contributed by atoms with E-state index in [-0.39, 0.29) is 27.4 Å². The fraction of sp³-hybridized carbons (Fsp3) is 0.238.